The van der Waals surface area contributed by atoms with Crippen LogP contribution in [0.15, 0.2) is 16.9 Å². The molecule has 0 spiro atoms. The molecule has 2 unspecified atom stereocenters. The van der Waals surface area contributed by atoms with Crippen LogP contribution in [0.25, 0.3) is 0 Å². The van der Waals surface area contributed by atoms with Gasteiger partial charge in [0.2, 0.25) is 0 Å². The average Bonchev–Trinajstić information content (AvgIpc) is 3.35. The Morgan fingerprint density at radius 2 is 1.89 bits per heavy atom. The molecule has 27 heavy (non-hydrogen) atoms. The summed E-state index contributed by atoms with van der Waals surface area (Å²) in [5.74, 6) is 2.76. The molecule has 0 bridgehead atoms. The Morgan fingerprint density at radius 3 is 2.59 bits per heavy atom. The minimum Gasteiger partial charge on any atom is -0.356 e. The van der Waals surface area contributed by atoms with Crippen LogP contribution in [-0.2, 0) is 12.8 Å². The molecule has 0 radical (unpaired) electrons. The molecule has 1 amide bonds. The van der Waals surface area contributed by atoms with Crippen LogP contribution in [-0.4, -0.2) is 57.2 Å². The van der Waals surface area contributed by atoms with E-state index in [2.05, 4.69) is 20.1 Å². The van der Waals surface area contributed by atoms with Crippen molar-refractivity contribution in [2.45, 2.75) is 26.2 Å². The highest BCUT2D eigenvalue weighted by molar-refractivity contribution is 5.92. The van der Waals surface area contributed by atoms with Gasteiger partial charge in [-0.05, 0) is 32.3 Å². The largest absolute Gasteiger partial charge is 0.356 e. The number of H-pyrrole nitrogens is 1. The summed E-state index contributed by atoms with van der Waals surface area (Å²) in [5.41, 5.74) is 2.55. The summed E-state index contributed by atoms with van der Waals surface area (Å²) >= 11 is 0. The lowest BCUT2D eigenvalue weighted by Crippen LogP contribution is -2.34. The van der Waals surface area contributed by atoms with E-state index in [0.717, 1.165) is 57.1 Å². The fourth-order valence-corrected chi connectivity index (χ4v) is 4.75. The number of aromatic nitrogens is 4. The van der Waals surface area contributed by atoms with Crippen molar-refractivity contribution in [3.05, 3.63) is 45.3 Å². The number of fused-ring (bicyclic) bond motifs is 2. The Labute approximate surface area is 156 Å². The van der Waals surface area contributed by atoms with Crippen LogP contribution in [0.1, 0.15) is 34.0 Å². The van der Waals surface area contributed by atoms with Gasteiger partial charge in [-0.25, -0.2) is 15.1 Å². The number of nitrogens with zero attached hydrogens (tertiary/aromatic N) is 5. The first kappa shape index (κ1) is 16.4. The topological polar surface area (TPSA) is 95.1 Å². The van der Waals surface area contributed by atoms with Gasteiger partial charge in [-0.15, -0.1) is 0 Å². The summed E-state index contributed by atoms with van der Waals surface area (Å²) in [6.45, 7) is 5.28. The van der Waals surface area contributed by atoms with Crippen molar-refractivity contribution in [2.24, 2.45) is 11.8 Å². The normalized spacial score (nSPS) is 23.6. The van der Waals surface area contributed by atoms with Crippen molar-refractivity contribution < 1.29 is 4.79 Å². The van der Waals surface area contributed by atoms with Gasteiger partial charge in [0.05, 0.1) is 0 Å². The van der Waals surface area contributed by atoms with E-state index in [-0.39, 0.29) is 11.5 Å². The first-order chi connectivity index (χ1) is 13.1. The molecule has 2 aromatic heterocycles. The first-order valence-corrected chi connectivity index (χ1v) is 9.55. The van der Waals surface area contributed by atoms with Gasteiger partial charge in [-0.2, -0.15) is 5.10 Å². The Hall–Kier alpha value is -2.77. The SMILES string of the molecule is Cc1nc2c(c(N3CC4CN(C(=O)c5ccc(=O)[nH]n5)CC4C3)n1)CCC2. The number of rotatable bonds is 2. The summed E-state index contributed by atoms with van der Waals surface area (Å²) in [7, 11) is 0. The second kappa shape index (κ2) is 6.14. The molecule has 2 aliphatic heterocycles. The van der Waals surface area contributed by atoms with Crippen LogP contribution in [0.3, 0.4) is 0 Å². The number of hydrogen-bond donors (Lipinski definition) is 1. The maximum Gasteiger partial charge on any atom is 0.274 e. The van der Waals surface area contributed by atoms with Gasteiger partial charge in [0.1, 0.15) is 17.3 Å². The van der Waals surface area contributed by atoms with E-state index in [9.17, 15) is 9.59 Å². The minimum absolute atomic E-state index is 0.106. The third-order valence-corrected chi connectivity index (χ3v) is 5.99. The Kier molecular flexibility index (Phi) is 3.73. The van der Waals surface area contributed by atoms with E-state index in [1.165, 1.54) is 23.4 Å². The average molecular weight is 366 g/mol. The molecule has 8 nitrogen and oxygen atoms in total. The molecule has 4 heterocycles. The maximum absolute atomic E-state index is 12.6. The van der Waals surface area contributed by atoms with Crippen LogP contribution in [0.2, 0.25) is 0 Å². The second-order valence-corrected chi connectivity index (χ2v) is 7.81. The molecule has 3 aliphatic rings. The highest BCUT2D eigenvalue weighted by atomic mass is 16.2. The van der Waals surface area contributed by atoms with Crippen molar-refractivity contribution in [3.8, 4) is 0 Å². The number of aromatic amines is 1. The van der Waals surface area contributed by atoms with Gasteiger partial charge in [-0.3, -0.25) is 9.59 Å². The molecule has 0 aromatic carbocycles. The standard InChI is InChI=1S/C19H22N6O2/c1-11-20-15-4-2-3-14(15)18(21-11)24-7-12-9-25(10-13(12)8-24)19(27)16-5-6-17(26)23-22-16/h5-6,12-13H,2-4,7-10H2,1H3,(H,23,26). The van der Waals surface area contributed by atoms with Gasteiger partial charge in [0, 0.05) is 55.3 Å². The summed E-state index contributed by atoms with van der Waals surface area (Å²) in [4.78, 5) is 37.4. The number of hydrogen-bond acceptors (Lipinski definition) is 6. The zero-order valence-electron chi connectivity index (χ0n) is 15.3. The van der Waals surface area contributed by atoms with Gasteiger partial charge < -0.3 is 9.80 Å². The van der Waals surface area contributed by atoms with Crippen LogP contribution < -0.4 is 10.5 Å². The maximum atomic E-state index is 12.6. The molecular formula is C19H22N6O2. The lowest BCUT2D eigenvalue weighted by Gasteiger charge is -2.24. The van der Waals surface area contributed by atoms with Crippen molar-refractivity contribution >= 4 is 11.7 Å². The smallest absolute Gasteiger partial charge is 0.274 e. The van der Waals surface area contributed by atoms with Crippen LogP contribution in [0.4, 0.5) is 5.82 Å². The molecule has 140 valence electrons. The van der Waals surface area contributed by atoms with Crippen molar-refractivity contribution in [2.75, 3.05) is 31.1 Å². The summed E-state index contributed by atoms with van der Waals surface area (Å²) < 4.78 is 0. The lowest BCUT2D eigenvalue weighted by atomic mass is 10.0. The molecule has 2 fully saturated rings. The molecule has 2 aromatic rings. The lowest BCUT2D eigenvalue weighted by molar-refractivity contribution is 0.0775. The summed E-state index contributed by atoms with van der Waals surface area (Å²) in [5, 5.41) is 6.21. The van der Waals surface area contributed by atoms with Gasteiger partial charge in [0.25, 0.3) is 11.5 Å². The van der Waals surface area contributed by atoms with Crippen molar-refractivity contribution in [1.82, 2.24) is 25.1 Å². The second-order valence-electron chi connectivity index (χ2n) is 7.81. The van der Waals surface area contributed by atoms with E-state index < -0.39 is 0 Å². The number of nitrogens with one attached hydrogen (secondary N) is 1. The number of amides is 1. The third-order valence-electron chi connectivity index (χ3n) is 5.99. The molecule has 0 saturated carbocycles. The van der Waals surface area contributed by atoms with Crippen LogP contribution >= 0.6 is 0 Å². The zero-order valence-corrected chi connectivity index (χ0v) is 15.3. The predicted octanol–water partition coefficient (Wildman–Crippen LogP) is 0.565. The molecule has 5 rings (SSSR count). The Bertz CT molecular complexity index is 937. The molecule has 2 atom stereocenters. The number of aryl methyl sites for hydroxylation is 2. The van der Waals surface area contributed by atoms with E-state index in [1.54, 1.807) is 0 Å². The first-order valence-electron chi connectivity index (χ1n) is 9.55. The van der Waals surface area contributed by atoms with E-state index in [4.69, 9.17) is 4.98 Å². The molecule has 8 heteroatoms. The predicted molar refractivity (Wildman–Crippen MR) is 98.7 cm³/mol. The minimum atomic E-state index is -0.298. The molecule has 1 N–H and O–H groups in total. The highest BCUT2D eigenvalue weighted by Gasteiger charge is 2.43. The van der Waals surface area contributed by atoms with E-state index >= 15 is 0 Å². The zero-order chi connectivity index (χ0) is 18.5. The fourth-order valence-electron chi connectivity index (χ4n) is 4.75. The number of carbonyl (C=O) groups excluding carboxylic acids is 1. The summed E-state index contributed by atoms with van der Waals surface area (Å²) in [6.07, 6.45) is 3.29. The fraction of sp³-hybridized carbons (Fsp3) is 0.526. The molecule has 2 saturated heterocycles. The Balaban J connectivity index is 1.31. The van der Waals surface area contributed by atoms with Gasteiger partial charge >= 0.3 is 0 Å². The summed E-state index contributed by atoms with van der Waals surface area (Å²) in [6, 6.07) is 2.84. The number of anilines is 1. The third kappa shape index (κ3) is 2.79. The van der Waals surface area contributed by atoms with E-state index in [1.807, 2.05) is 11.8 Å². The van der Waals surface area contributed by atoms with Crippen molar-refractivity contribution in [3.63, 3.8) is 0 Å². The highest BCUT2D eigenvalue weighted by Crippen LogP contribution is 2.37. The van der Waals surface area contributed by atoms with E-state index in [0.29, 0.717) is 17.5 Å². The molecular weight excluding hydrogens is 344 g/mol. The van der Waals surface area contributed by atoms with Gasteiger partial charge in [0.15, 0.2) is 0 Å². The van der Waals surface area contributed by atoms with Gasteiger partial charge in [-0.1, -0.05) is 0 Å². The quantitative estimate of drug-likeness (QED) is 0.835. The monoisotopic (exact) mass is 366 g/mol. The number of likely N-dealkylation sites (tertiary alicyclic amines) is 1. The van der Waals surface area contributed by atoms with Crippen LogP contribution in [0, 0.1) is 18.8 Å². The van der Waals surface area contributed by atoms with Crippen molar-refractivity contribution in [1.29, 1.82) is 0 Å². The number of carbonyl (C=O) groups is 1. The molecule has 1 aliphatic carbocycles. The van der Waals surface area contributed by atoms with Crippen LogP contribution in [0.5, 0.6) is 0 Å². The Morgan fingerprint density at radius 1 is 1.11 bits per heavy atom.